The van der Waals surface area contributed by atoms with Crippen molar-refractivity contribution in [2.75, 3.05) is 6.54 Å². The van der Waals surface area contributed by atoms with E-state index >= 15 is 0 Å². The zero-order chi connectivity index (χ0) is 20.3. The molecule has 0 saturated carbocycles. The Balaban J connectivity index is 1.60. The van der Waals surface area contributed by atoms with Crippen LogP contribution in [0.5, 0.6) is 0 Å². The van der Waals surface area contributed by atoms with Gasteiger partial charge in [0.1, 0.15) is 0 Å². The summed E-state index contributed by atoms with van der Waals surface area (Å²) in [5.41, 5.74) is 0.833. The Bertz CT molecular complexity index is 1040. The van der Waals surface area contributed by atoms with Gasteiger partial charge < -0.3 is 5.32 Å². The number of ketones is 1. The topological polar surface area (TPSA) is 101 Å². The summed E-state index contributed by atoms with van der Waals surface area (Å²) >= 11 is 11.7. The maximum absolute atomic E-state index is 12.2. The lowest BCUT2D eigenvalue weighted by atomic mass is 9.97. The fourth-order valence-corrected chi connectivity index (χ4v) is 3.58. The van der Waals surface area contributed by atoms with E-state index in [9.17, 15) is 19.2 Å². The molecule has 0 aliphatic heterocycles. The van der Waals surface area contributed by atoms with Crippen molar-refractivity contribution in [3.63, 3.8) is 0 Å². The molecule has 1 aromatic carbocycles. The first-order valence-corrected chi connectivity index (χ1v) is 9.72. The second-order valence-corrected chi connectivity index (χ2v) is 7.44. The molecule has 0 bridgehead atoms. The average molecular weight is 424 g/mol. The minimum absolute atomic E-state index is 0.0209. The van der Waals surface area contributed by atoms with Crippen LogP contribution in [-0.4, -0.2) is 27.8 Å². The number of aromatic amines is 1. The monoisotopic (exact) mass is 423 g/mol. The normalized spacial score (nSPS) is 13.1. The largest absolute Gasteiger partial charge is 0.349 e. The van der Waals surface area contributed by atoms with Gasteiger partial charge in [-0.2, -0.15) is 0 Å². The molecule has 0 atom stereocenters. The first-order valence-electron chi connectivity index (χ1n) is 8.96. The van der Waals surface area contributed by atoms with Gasteiger partial charge in [0.15, 0.2) is 5.78 Å². The third-order valence-electron chi connectivity index (χ3n) is 4.75. The molecule has 2 aromatic rings. The van der Waals surface area contributed by atoms with Crippen LogP contribution in [0, 0.1) is 0 Å². The molecule has 0 fully saturated rings. The maximum Gasteiger partial charge on any atom is 0.328 e. The number of H-pyrrole nitrogens is 1. The maximum atomic E-state index is 12.2. The Hall–Kier alpha value is -2.38. The first kappa shape index (κ1) is 20.4. The van der Waals surface area contributed by atoms with Gasteiger partial charge in [0.2, 0.25) is 5.91 Å². The van der Waals surface area contributed by atoms with Crippen LogP contribution in [0.15, 0.2) is 27.8 Å². The van der Waals surface area contributed by atoms with Gasteiger partial charge in [-0.05, 0) is 43.9 Å². The number of amides is 1. The zero-order valence-electron chi connectivity index (χ0n) is 15.0. The highest BCUT2D eigenvalue weighted by Gasteiger charge is 2.19. The van der Waals surface area contributed by atoms with Gasteiger partial charge >= 0.3 is 5.69 Å². The molecule has 7 nitrogen and oxygen atoms in total. The van der Waals surface area contributed by atoms with Crippen LogP contribution in [0.3, 0.4) is 0 Å². The predicted molar refractivity (Wildman–Crippen MR) is 106 cm³/mol. The number of rotatable bonds is 6. The molecule has 0 spiro atoms. The third kappa shape index (κ3) is 4.54. The Morgan fingerprint density at radius 2 is 1.86 bits per heavy atom. The van der Waals surface area contributed by atoms with Crippen LogP contribution in [0.1, 0.15) is 40.9 Å². The smallest absolute Gasteiger partial charge is 0.328 e. The van der Waals surface area contributed by atoms with E-state index in [-0.39, 0.29) is 41.8 Å². The number of benzene rings is 1. The minimum Gasteiger partial charge on any atom is -0.349 e. The quantitative estimate of drug-likeness (QED) is 0.694. The number of fused-ring (bicyclic) bond motifs is 1. The van der Waals surface area contributed by atoms with E-state index < -0.39 is 5.69 Å². The number of halogens is 2. The highest BCUT2D eigenvalue weighted by atomic mass is 35.5. The van der Waals surface area contributed by atoms with Crippen LogP contribution in [0.25, 0.3) is 0 Å². The molecule has 2 N–H and O–H groups in total. The highest BCUT2D eigenvalue weighted by molar-refractivity contribution is 6.42. The molecule has 148 valence electrons. The Labute approximate surface area is 170 Å². The Morgan fingerprint density at radius 3 is 2.61 bits per heavy atom. The van der Waals surface area contributed by atoms with E-state index in [0.717, 1.165) is 12.8 Å². The highest BCUT2D eigenvalue weighted by Crippen LogP contribution is 2.22. The number of carbonyl (C=O) groups excluding carboxylic acids is 2. The van der Waals surface area contributed by atoms with Crippen molar-refractivity contribution < 1.29 is 9.59 Å². The van der Waals surface area contributed by atoms with Gasteiger partial charge in [-0.1, -0.05) is 23.2 Å². The van der Waals surface area contributed by atoms with Crippen LogP contribution < -0.4 is 16.6 Å². The van der Waals surface area contributed by atoms with Gasteiger partial charge in [-0.25, -0.2) is 4.79 Å². The van der Waals surface area contributed by atoms with Gasteiger partial charge in [0.25, 0.3) is 5.56 Å². The molecule has 0 saturated heterocycles. The summed E-state index contributed by atoms with van der Waals surface area (Å²) in [6.45, 7) is -0.0415. The van der Waals surface area contributed by atoms with Crippen molar-refractivity contribution in [3.8, 4) is 0 Å². The lowest BCUT2D eigenvalue weighted by Gasteiger charge is -2.19. The molecule has 1 aliphatic rings. The van der Waals surface area contributed by atoms with Crippen LogP contribution in [-0.2, 0) is 24.2 Å². The van der Waals surface area contributed by atoms with Crippen molar-refractivity contribution in [2.24, 2.45) is 0 Å². The molecule has 1 amide bonds. The molecular weight excluding hydrogens is 405 g/mol. The van der Waals surface area contributed by atoms with Crippen LogP contribution >= 0.6 is 23.2 Å². The summed E-state index contributed by atoms with van der Waals surface area (Å²) in [6, 6.07) is 4.50. The molecule has 1 aliphatic carbocycles. The molecule has 1 heterocycles. The van der Waals surface area contributed by atoms with Gasteiger partial charge in [0, 0.05) is 29.8 Å². The van der Waals surface area contributed by atoms with Crippen molar-refractivity contribution >= 4 is 34.9 Å². The van der Waals surface area contributed by atoms with E-state index in [4.69, 9.17) is 23.2 Å². The molecule has 1 aromatic heterocycles. The van der Waals surface area contributed by atoms with Crippen molar-refractivity contribution in [1.82, 2.24) is 14.9 Å². The summed E-state index contributed by atoms with van der Waals surface area (Å²) in [7, 11) is 0. The van der Waals surface area contributed by atoms with E-state index in [1.807, 2.05) is 0 Å². The number of Topliss-reactive ketones (excluding diaryl/α,β-unsaturated/α-hetero) is 1. The summed E-state index contributed by atoms with van der Waals surface area (Å²) in [5, 5.41) is 3.15. The minimum atomic E-state index is -0.509. The van der Waals surface area contributed by atoms with E-state index in [2.05, 4.69) is 10.3 Å². The SMILES string of the molecule is O=C(CCn1c2c(c(=O)[nH]c1=O)CCCC2)NCC(=O)c1ccc(Cl)c(Cl)c1. The lowest BCUT2D eigenvalue weighted by molar-refractivity contribution is -0.121. The van der Waals surface area contributed by atoms with Crippen molar-refractivity contribution in [2.45, 2.75) is 38.6 Å². The second kappa shape index (κ2) is 8.75. The Morgan fingerprint density at radius 1 is 1.11 bits per heavy atom. The van der Waals surface area contributed by atoms with E-state index in [1.165, 1.54) is 22.8 Å². The van der Waals surface area contributed by atoms with Gasteiger partial charge in [-0.3, -0.25) is 23.9 Å². The average Bonchev–Trinajstić information content (AvgIpc) is 2.68. The summed E-state index contributed by atoms with van der Waals surface area (Å²) in [6.07, 6.45) is 3.11. The first-order chi connectivity index (χ1) is 13.4. The zero-order valence-corrected chi connectivity index (χ0v) is 16.5. The molecule has 9 heteroatoms. The lowest BCUT2D eigenvalue weighted by Crippen LogP contribution is -2.38. The van der Waals surface area contributed by atoms with Crippen LogP contribution in [0.4, 0.5) is 0 Å². The number of aromatic nitrogens is 2. The number of nitrogens with one attached hydrogen (secondary N) is 2. The number of nitrogens with zero attached hydrogens (tertiary/aromatic N) is 1. The molecule has 0 unspecified atom stereocenters. The fraction of sp³-hybridized carbons (Fsp3) is 0.368. The fourth-order valence-electron chi connectivity index (χ4n) is 3.28. The van der Waals surface area contributed by atoms with Gasteiger partial charge in [0.05, 0.1) is 16.6 Å². The molecule has 0 radical (unpaired) electrons. The number of carbonyl (C=O) groups is 2. The van der Waals surface area contributed by atoms with Crippen molar-refractivity contribution in [3.05, 3.63) is 65.9 Å². The van der Waals surface area contributed by atoms with Crippen LogP contribution in [0.2, 0.25) is 10.0 Å². The van der Waals surface area contributed by atoms with Gasteiger partial charge in [-0.15, -0.1) is 0 Å². The molecule has 28 heavy (non-hydrogen) atoms. The summed E-state index contributed by atoms with van der Waals surface area (Å²) in [5.74, 6) is -0.665. The summed E-state index contributed by atoms with van der Waals surface area (Å²) < 4.78 is 1.45. The second-order valence-electron chi connectivity index (χ2n) is 6.62. The molecular formula is C19H19Cl2N3O4. The molecule has 3 rings (SSSR count). The number of hydrogen-bond donors (Lipinski definition) is 2. The predicted octanol–water partition coefficient (Wildman–Crippen LogP) is 2.11. The van der Waals surface area contributed by atoms with Crippen molar-refractivity contribution in [1.29, 1.82) is 0 Å². The summed E-state index contributed by atoms with van der Waals surface area (Å²) in [4.78, 5) is 50.7. The third-order valence-corrected chi connectivity index (χ3v) is 5.49. The van der Waals surface area contributed by atoms with E-state index in [0.29, 0.717) is 34.7 Å². The number of hydrogen-bond acceptors (Lipinski definition) is 4. The van der Waals surface area contributed by atoms with E-state index in [1.54, 1.807) is 0 Å². The standard InChI is InChI=1S/C19H19Cl2N3O4/c20-13-6-5-11(9-14(13)21)16(25)10-22-17(26)7-8-24-15-4-2-1-3-12(15)18(27)23-19(24)28/h5-6,9H,1-4,7-8,10H2,(H,22,26)(H,23,27,28). The Kier molecular flexibility index (Phi) is 6.36.